The van der Waals surface area contributed by atoms with Crippen molar-refractivity contribution in [1.29, 1.82) is 0 Å². The van der Waals surface area contributed by atoms with Gasteiger partial charge in [-0.1, -0.05) is 0 Å². The van der Waals surface area contributed by atoms with Crippen LogP contribution in [0.25, 0.3) is 0 Å². The highest BCUT2D eigenvalue weighted by atomic mass is 32.1. The van der Waals surface area contributed by atoms with Gasteiger partial charge in [0, 0.05) is 16.3 Å². The van der Waals surface area contributed by atoms with Crippen molar-refractivity contribution in [3.05, 3.63) is 21.9 Å². The molecule has 0 aliphatic rings. The number of nitrogens with one attached hydrogen (secondary N) is 1. The minimum absolute atomic E-state index is 0.0329. The second-order valence-corrected chi connectivity index (χ2v) is 4.12. The van der Waals surface area contributed by atoms with Gasteiger partial charge in [0.15, 0.2) is 0 Å². The monoisotopic (exact) mass is 199 g/mol. The highest BCUT2D eigenvalue weighted by molar-refractivity contribution is 7.10. The Balaban J connectivity index is 2.58. The Morgan fingerprint density at radius 3 is 2.92 bits per heavy atom. The summed E-state index contributed by atoms with van der Waals surface area (Å²) >= 11 is 1.54. The largest absolute Gasteiger partial charge is 0.394 e. The number of hydrogen-bond acceptors (Lipinski definition) is 3. The third-order valence-corrected chi connectivity index (χ3v) is 2.51. The normalized spacial score (nSPS) is 12.5. The third kappa shape index (κ3) is 2.82. The van der Waals surface area contributed by atoms with Crippen LogP contribution in [0.1, 0.15) is 22.2 Å². The smallest absolute Gasteiger partial charge is 0.252 e. The van der Waals surface area contributed by atoms with Gasteiger partial charge < -0.3 is 10.4 Å². The number of thiophene rings is 1. The van der Waals surface area contributed by atoms with Crippen molar-refractivity contribution < 1.29 is 9.90 Å². The maximum atomic E-state index is 11.4. The minimum atomic E-state index is -0.187. The average Bonchev–Trinajstić information content (AvgIpc) is 2.51. The standard InChI is InChI=1S/C9H13NO2S/c1-6(4-11)10-9(12)8-3-7(2)13-5-8/h3,5-6,11H,4H2,1-2H3,(H,10,12)/t6-/m1/s1. The van der Waals surface area contributed by atoms with E-state index in [4.69, 9.17) is 5.11 Å². The number of hydrogen-bond donors (Lipinski definition) is 2. The molecule has 4 heteroatoms. The first-order valence-corrected chi connectivity index (χ1v) is 4.98. The second kappa shape index (κ2) is 4.39. The predicted octanol–water partition coefficient (Wildman–Crippen LogP) is 1.17. The molecule has 2 N–H and O–H groups in total. The molecule has 1 amide bonds. The zero-order valence-corrected chi connectivity index (χ0v) is 8.52. The topological polar surface area (TPSA) is 49.3 Å². The fourth-order valence-corrected chi connectivity index (χ4v) is 1.60. The van der Waals surface area contributed by atoms with E-state index < -0.39 is 0 Å². The van der Waals surface area contributed by atoms with Crippen LogP contribution in [0.15, 0.2) is 11.4 Å². The lowest BCUT2D eigenvalue weighted by molar-refractivity contribution is 0.0922. The summed E-state index contributed by atoms with van der Waals surface area (Å²) in [5.41, 5.74) is 0.669. The Labute approximate surface area is 81.4 Å². The molecular weight excluding hydrogens is 186 g/mol. The summed E-state index contributed by atoms with van der Waals surface area (Å²) in [6.45, 7) is 3.68. The van der Waals surface area contributed by atoms with Gasteiger partial charge in [-0.25, -0.2) is 0 Å². The van der Waals surface area contributed by atoms with Crippen LogP contribution in [-0.2, 0) is 0 Å². The second-order valence-electron chi connectivity index (χ2n) is 3.00. The van der Waals surface area contributed by atoms with Crippen LogP contribution in [0.3, 0.4) is 0 Å². The molecule has 1 aromatic heterocycles. The number of aliphatic hydroxyl groups is 1. The summed E-state index contributed by atoms with van der Waals surface area (Å²) < 4.78 is 0. The number of amides is 1. The van der Waals surface area contributed by atoms with Gasteiger partial charge in [-0.15, -0.1) is 11.3 Å². The van der Waals surface area contributed by atoms with Crippen LogP contribution in [0.5, 0.6) is 0 Å². The van der Waals surface area contributed by atoms with E-state index in [9.17, 15) is 4.79 Å². The molecule has 13 heavy (non-hydrogen) atoms. The predicted molar refractivity (Wildman–Crippen MR) is 53.1 cm³/mol. The van der Waals surface area contributed by atoms with Crippen LogP contribution in [-0.4, -0.2) is 23.7 Å². The van der Waals surface area contributed by atoms with Crippen molar-refractivity contribution >= 4 is 17.2 Å². The summed E-state index contributed by atoms with van der Waals surface area (Å²) in [5.74, 6) is -0.120. The van der Waals surface area contributed by atoms with Gasteiger partial charge in [0.25, 0.3) is 5.91 Å². The quantitative estimate of drug-likeness (QED) is 0.767. The zero-order valence-electron chi connectivity index (χ0n) is 7.70. The van der Waals surface area contributed by atoms with Crippen molar-refractivity contribution in [3.8, 4) is 0 Å². The first-order valence-electron chi connectivity index (χ1n) is 4.10. The van der Waals surface area contributed by atoms with E-state index in [2.05, 4.69) is 5.32 Å². The zero-order chi connectivity index (χ0) is 9.84. The van der Waals surface area contributed by atoms with Gasteiger partial charge in [-0.05, 0) is 19.9 Å². The summed E-state index contributed by atoms with van der Waals surface area (Å²) in [4.78, 5) is 12.5. The maximum absolute atomic E-state index is 11.4. The fourth-order valence-electron chi connectivity index (χ4n) is 0.915. The van der Waals surface area contributed by atoms with E-state index in [1.807, 2.05) is 18.4 Å². The van der Waals surface area contributed by atoms with Crippen LogP contribution >= 0.6 is 11.3 Å². The SMILES string of the molecule is Cc1cc(C(=O)N[C@H](C)CO)cs1. The lowest BCUT2D eigenvalue weighted by Gasteiger charge is -2.08. The Kier molecular flexibility index (Phi) is 3.45. The molecule has 72 valence electrons. The number of aliphatic hydroxyl groups excluding tert-OH is 1. The molecule has 1 atom stereocenters. The van der Waals surface area contributed by atoms with E-state index in [1.54, 1.807) is 18.3 Å². The maximum Gasteiger partial charge on any atom is 0.252 e. The van der Waals surface area contributed by atoms with E-state index >= 15 is 0 Å². The van der Waals surface area contributed by atoms with Gasteiger partial charge in [-0.2, -0.15) is 0 Å². The number of carbonyl (C=O) groups is 1. The molecule has 0 aliphatic heterocycles. The van der Waals surface area contributed by atoms with E-state index in [-0.39, 0.29) is 18.6 Å². The van der Waals surface area contributed by atoms with Gasteiger partial charge in [0.2, 0.25) is 0 Å². The number of rotatable bonds is 3. The molecule has 0 bridgehead atoms. The molecule has 1 rings (SSSR count). The van der Waals surface area contributed by atoms with Gasteiger partial charge in [0.05, 0.1) is 12.2 Å². The Hall–Kier alpha value is -0.870. The van der Waals surface area contributed by atoms with Crippen LogP contribution < -0.4 is 5.32 Å². The van der Waals surface area contributed by atoms with Crippen molar-refractivity contribution in [1.82, 2.24) is 5.32 Å². The molecule has 1 aromatic rings. The molecule has 0 spiro atoms. The molecule has 0 radical (unpaired) electrons. The Morgan fingerprint density at radius 2 is 2.46 bits per heavy atom. The van der Waals surface area contributed by atoms with Crippen LogP contribution in [0, 0.1) is 6.92 Å². The summed E-state index contributed by atoms with van der Waals surface area (Å²) in [7, 11) is 0. The molecule has 0 saturated heterocycles. The van der Waals surface area contributed by atoms with Crippen LogP contribution in [0.2, 0.25) is 0 Å². The van der Waals surface area contributed by atoms with E-state index in [0.29, 0.717) is 5.56 Å². The van der Waals surface area contributed by atoms with Crippen molar-refractivity contribution in [2.24, 2.45) is 0 Å². The highest BCUT2D eigenvalue weighted by Crippen LogP contribution is 2.12. The highest BCUT2D eigenvalue weighted by Gasteiger charge is 2.09. The fraction of sp³-hybridized carbons (Fsp3) is 0.444. The van der Waals surface area contributed by atoms with E-state index in [0.717, 1.165) is 4.88 Å². The van der Waals surface area contributed by atoms with Crippen molar-refractivity contribution in [2.45, 2.75) is 19.9 Å². The average molecular weight is 199 g/mol. The van der Waals surface area contributed by atoms with Gasteiger partial charge in [0.1, 0.15) is 0 Å². The van der Waals surface area contributed by atoms with Gasteiger partial charge >= 0.3 is 0 Å². The minimum Gasteiger partial charge on any atom is -0.394 e. The summed E-state index contributed by atoms with van der Waals surface area (Å²) in [6.07, 6.45) is 0. The first kappa shape index (κ1) is 10.2. The Morgan fingerprint density at radius 1 is 1.77 bits per heavy atom. The molecule has 0 saturated carbocycles. The Bertz CT molecular complexity index is 296. The first-order chi connectivity index (χ1) is 6.13. The van der Waals surface area contributed by atoms with Crippen molar-refractivity contribution in [2.75, 3.05) is 6.61 Å². The molecule has 0 unspecified atom stereocenters. The molecule has 0 aliphatic carbocycles. The van der Waals surface area contributed by atoms with Crippen molar-refractivity contribution in [3.63, 3.8) is 0 Å². The number of carbonyl (C=O) groups excluding carboxylic acids is 1. The third-order valence-electron chi connectivity index (χ3n) is 1.64. The summed E-state index contributed by atoms with van der Waals surface area (Å²) in [5, 5.41) is 13.2. The molecule has 0 fully saturated rings. The molecule has 3 nitrogen and oxygen atoms in total. The van der Waals surface area contributed by atoms with Crippen LogP contribution in [0.4, 0.5) is 0 Å². The molecular formula is C9H13NO2S. The summed E-state index contributed by atoms with van der Waals surface area (Å²) in [6, 6.07) is 1.65. The lowest BCUT2D eigenvalue weighted by Crippen LogP contribution is -2.34. The van der Waals surface area contributed by atoms with E-state index in [1.165, 1.54) is 0 Å². The molecule has 1 heterocycles. The number of aryl methyl sites for hydroxylation is 1. The van der Waals surface area contributed by atoms with Gasteiger partial charge in [-0.3, -0.25) is 4.79 Å². The molecule has 0 aromatic carbocycles. The lowest BCUT2D eigenvalue weighted by atomic mass is 10.2.